The molecule has 0 spiro atoms. The summed E-state index contributed by atoms with van der Waals surface area (Å²) in [5.41, 5.74) is 1.20. The molecule has 2 heterocycles. The van der Waals surface area contributed by atoms with Crippen LogP contribution in [0.2, 0.25) is 0 Å². The molecule has 4 rings (SSSR count). The van der Waals surface area contributed by atoms with E-state index in [1.165, 1.54) is 41.5 Å². The highest BCUT2D eigenvalue weighted by Crippen LogP contribution is 2.36. The number of hydrogen-bond acceptors (Lipinski definition) is 5. The zero-order chi connectivity index (χ0) is 19.7. The normalized spacial score (nSPS) is 18.2. The highest BCUT2D eigenvalue weighted by atomic mass is 32.2. The minimum absolute atomic E-state index is 0.00619. The van der Waals surface area contributed by atoms with Gasteiger partial charge in [-0.05, 0) is 44.6 Å². The zero-order valence-electron chi connectivity index (χ0n) is 16.3. The van der Waals surface area contributed by atoms with E-state index < -0.39 is 0 Å². The van der Waals surface area contributed by atoms with E-state index in [1.807, 2.05) is 6.92 Å². The Morgan fingerprint density at radius 3 is 2.89 bits per heavy atom. The molecule has 2 aromatic heterocycles. The molecule has 150 valence electrons. The Balaban J connectivity index is 1.60. The summed E-state index contributed by atoms with van der Waals surface area (Å²) < 4.78 is 1.68. The van der Waals surface area contributed by atoms with Crippen molar-refractivity contribution >= 4 is 39.2 Å². The van der Waals surface area contributed by atoms with Crippen molar-refractivity contribution in [2.24, 2.45) is 0 Å². The monoisotopic (exact) mass is 417 g/mol. The Bertz CT molecular complexity index is 957. The number of carbonyl (C=O) groups excluding carboxylic acids is 1. The number of fused-ring (bicyclic) bond motifs is 3. The van der Waals surface area contributed by atoms with Gasteiger partial charge >= 0.3 is 0 Å². The SMILES string of the molecule is C=CCn1c(SC(C)C(=O)NC2CCCCC2)nc2sc3c(c2c1=O)CCC3. The number of allylic oxidation sites excluding steroid dienone is 1. The maximum Gasteiger partial charge on any atom is 0.263 e. The van der Waals surface area contributed by atoms with E-state index in [4.69, 9.17) is 4.98 Å². The minimum Gasteiger partial charge on any atom is -0.352 e. The summed E-state index contributed by atoms with van der Waals surface area (Å²) in [7, 11) is 0. The quantitative estimate of drug-likeness (QED) is 0.437. The summed E-state index contributed by atoms with van der Waals surface area (Å²) >= 11 is 3.02. The molecule has 7 heteroatoms. The van der Waals surface area contributed by atoms with Crippen molar-refractivity contribution in [1.82, 2.24) is 14.9 Å². The van der Waals surface area contributed by atoms with Gasteiger partial charge in [-0.15, -0.1) is 17.9 Å². The maximum atomic E-state index is 13.2. The van der Waals surface area contributed by atoms with Gasteiger partial charge in [0.25, 0.3) is 5.56 Å². The van der Waals surface area contributed by atoms with Gasteiger partial charge in [0, 0.05) is 17.5 Å². The van der Waals surface area contributed by atoms with E-state index in [0.29, 0.717) is 11.7 Å². The van der Waals surface area contributed by atoms with Crippen LogP contribution in [-0.4, -0.2) is 26.8 Å². The lowest BCUT2D eigenvalue weighted by Crippen LogP contribution is -2.40. The van der Waals surface area contributed by atoms with Crippen LogP contribution in [0.5, 0.6) is 0 Å². The molecule has 1 saturated carbocycles. The van der Waals surface area contributed by atoms with Gasteiger partial charge in [-0.25, -0.2) is 4.98 Å². The van der Waals surface area contributed by atoms with Crippen LogP contribution < -0.4 is 10.9 Å². The topological polar surface area (TPSA) is 64.0 Å². The van der Waals surface area contributed by atoms with Crippen LogP contribution in [0, 0.1) is 0 Å². The summed E-state index contributed by atoms with van der Waals surface area (Å²) in [6.45, 7) is 6.10. The van der Waals surface area contributed by atoms with Crippen LogP contribution in [0.25, 0.3) is 10.2 Å². The fraction of sp³-hybridized carbons (Fsp3) is 0.571. The Kier molecular flexibility index (Phi) is 5.92. The molecule has 1 unspecified atom stereocenters. The Hall–Kier alpha value is -1.60. The van der Waals surface area contributed by atoms with Crippen molar-refractivity contribution in [3.63, 3.8) is 0 Å². The van der Waals surface area contributed by atoms with Crippen LogP contribution in [0.1, 0.15) is 55.9 Å². The third kappa shape index (κ3) is 3.79. The second kappa shape index (κ2) is 8.41. The molecule has 1 atom stereocenters. The third-order valence-electron chi connectivity index (χ3n) is 5.70. The summed E-state index contributed by atoms with van der Waals surface area (Å²) in [5.74, 6) is 0.0325. The lowest BCUT2D eigenvalue weighted by atomic mass is 9.95. The second-order valence-electron chi connectivity index (χ2n) is 7.74. The fourth-order valence-electron chi connectivity index (χ4n) is 4.22. The molecule has 0 aliphatic heterocycles. The first kappa shape index (κ1) is 19.7. The molecule has 1 N–H and O–H groups in total. The van der Waals surface area contributed by atoms with Crippen LogP contribution in [0.15, 0.2) is 22.6 Å². The zero-order valence-corrected chi connectivity index (χ0v) is 18.0. The number of thioether (sulfide) groups is 1. The van der Waals surface area contributed by atoms with E-state index in [9.17, 15) is 9.59 Å². The average Bonchev–Trinajstić information content (AvgIpc) is 3.26. The number of amides is 1. The van der Waals surface area contributed by atoms with Crippen LogP contribution >= 0.6 is 23.1 Å². The van der Waals surface area contributed by atoms with E-state index in [2.05, 4.69) is 11.9 Å². The average molecular weight is 418 g/mol. The third-order valence-corrected chi connectivity index (χ3v) is 7.98. The van der Waals surface area contributed by atoms with Crippen molar-refractivity contribution in [3.05, 3.63) is 33.4 Å². The van der Waals surface area contributed by atoms with Crippen LogP contribution in [0.3, 0.4) is 0 Å². The number of hydrogen-bond donors (Lipinski definition) is 1. The number of nitrogens with zero attached hydrogens (tertiary/aromatic N) is 2. The highest BCUT2D eigenvalue weighted by molar-refractivity contribution is 8.00. The number of thiophene rings is 1. The Morgan fingerprint density at radius 2 is 2.14 bits per heavy atom. The molecular weight excluding hydrogens is 390 g/mol. The molecule has 0 radical (unpaired) electrons. The van der Waals surface area contributed by atoms with Crippen molar-refractivity contribution in [2.45, 2.75) is 81.3 Å². The van der Waals surface area contributed by atoms with Gasteiger partial charge in [0.15, 0.2) is 5.16 Å². The van der Waals surface area contributed by atoms with E-state index in [1.54, 1.807) is 22.0 Å². The van der Waals surface area contributed by atoms with Crippen LogP contribution in [0.4, 0.5) is 0 Å². The van der Waals surface area contributed by atoms with Crippen molar-refractivity contribution in [1.29, 1.82) is 0 Å². The van der Waals surface area contributed by atoms with Crippen molar-refractivity contribution < 1.29 is 4.79 Å². The standard InChI is InChI=1S/C21H27N3O2S2/c1-3-12-24-20(26)17-15-10-7-11-16(15)28-19(17)23-21(24)27-13(2)18(25)22-14-8-5-4-6-9-14/h3,13-14H,1,4-12H2,2H3,(H,22,25). The molecule has 2 aliphatic rings. The number of aryl methyl sites for hydroxylation is 2. The minimum atomic E-state index is -0.297. The first-order chi connectivity index (χ1) is 13.6. The fourth-order valence-corrected chi connectivity index (χ4v) is 6.44. The summed E-state index contributed by atoms with van der Waals surface area (Å²) in [5, 5.41) is 4.28. The number of rotatable bonds is 6. The number of carbonyl (C=O) groups is 1. The lowest BCUT2D eigenvalue weighted by molar-refractivity contribution is -0.121. The predicted octanol–water partition coefficient (Wildman–Crippen LogP) is 4.06. The van der Waals surface area contributed by atoms with Gasteiger partial charge in [-0.2, -0.15) is 0 Å². The van der Waals surface area contributed by atoms with Gasteiger partial charge in [0.2, 0.25) is 5.91 Å². The van der Waals surface area contributed by atoms with E-state index in [-0.39, 0.29) is 22.8 Å². The molecule has 0 saturated heterocycles. The Morgan fingerprint density at radius 1 is 1.36 bits per heavy atom. The highest BCUT2D eigenvalue weighted by Gasteiger charge is 2.26. The second-order valence-corrected chi connectivity index (χ2v) is 10.1. The summed E-state index contributed by atoms with van der Waals surface area (Å²) in [4.78, 5) is 32.8. The van der Waals surface area contributed by atoms with Crippen molar-refractivity contribution in [3.8, 4) is 0 Å². The Labute approximate surface area is 173 Å². The van der Waals surface area contributed by atoms with E-state index >= 15 is 0 Å². The van der Waals surface area contributed by atoms with Gasteiger partial charge in [-0.1, -0.05) is 37.1 Å². The van der Waals surface area contributed by atoms with Gasteiger partial charge in [-0.3, -0.25) is 14.2 Å². The molecule has 1 amide bonds. The number of nitrogens with one attached hydrogen (secondary N) is 1. The van der Waals surface area contributed by atoms with Crippen LogP contribution in [-0.2, 0) is 24.2 Å². The molecule has 28 heavy (non-hydrogen) atoms. The first-order valence-corrected chi connectivity index (χ1v) is 11.9. The largest absolute Gasteiger partial charge is 0.352 e. The predicted molar refractivity (Wildman–Crippen MR) is 116 cm³/mol. The smallest absolute Gasteiger partial charge is 0.263 e. The number of aromatic nitrogens is 2. The summed E-state index contributed by atoms with van der Waals surface area (Å²) in [6, 6.07) is 0.287. The van der Waals surface area contributed by atoms with Gasteiger partial charge in [0.05, 0.1) is 10.6 Å². The van der Waals surface area contributed by atoms with Crippen molar-refractivity contribution in [2.75, 3.05) is 0 Å². The molecule has 1 fully saturated rings. The molecular formula is C21H27N3O2S2. The lowest BCUT2D eigenvalue weighted by Gasteiger charge is -2.24. The molecule has 2 aromatic rings. The first-order valence-electron chi connectivity index (χ1n) is 10.2. The molecule has 2 aliphatic carbocycles. The molecule has 0 bridgehead atoms. The van der Waals surface area contributed by atoms with Gasteiger partial charge < -0.3 is 5.32 Å². The van der Waals surface area contributed by atoms with Gasteiger partial charge in [0.1, 0.15) is 4.83 Å². The van der Waals surface area contributed by atoms with E-state index in [0.717, 1.165) is 42.3 Å². The summed E-state index contributed by atoms with van der Waals surface area (Å²) in [6.07, 6.45) is 10.6. The maximum absolute atomic E-state index is 13.2. The molecule has 0 aromatic carbocycles. The molecule has 5 nitrogen and oxygen atoms in total.